The van der Waals surface area contributed by atoms with Crippen LogP contribution in [-0.4, -0.2) is 27.1 Å². The predicted octanol–water partition coefficient (Wildman–Crippen LogP) is 5.42. The van der Waals surface area contributed by atoms with Crippen LogP contribution in [0.1, 0.15) is 16.7 Å². The van der Waals surface area contributed by atoms with Gasteiger partial charge < -0.3 is 0 Å². The summed E-state index contributed by atoms with van der Waals surface area (Å²) in [6, 6.07) is 13.8. The Morgan fingerprint density at radius 2 is 2.00 bits per heavy atom. The van der Waals surface area contributed by atoms with Crippen molar-refractivity contribution >= 4 is 50.6 Å². The van der Waals surface area contributed by atoms with Crippen LogP contribution in [0.2, 0.25) is 5.02 Å². The maximum atomic E-state index is 6.06. The van der Waals surface area contributed by atoms with Crippen LogP contribution in [0.4, 0.5) is 5.00 Å². The van der Waals surface area contributed by atoms with Crippen molar-refractivity contribution in [2.45, 2.75) is 6.54 Å². The van der Waals surface area contributed by atoms with Crippen LogP contribution in [0, 0.1) is 0 Å². The molecule has 0 saturated carbocycles. The van der Waals surface area contributed by atoms with Crippen molar-refractivity contribution in [2.75, 3.05) is 6.26 Å². The van der Waals surface area contributed by atoms with E-state index in [-0.39, 0.29) is 0 Å². The Bertz CT molecular complexity index is 965. The Balaban J connectivity index is 1.81. The fourth-order valence-electron chi connectivity index (χ4n) is 2.67. The number of thioether (sulfide) groups is 1. The number of hydrazone groups is 1. The van der Waals surface area contributed by atoms with Gasteiger partial charge in [0.15, 0.2) is 5.17 Å². The molecule has 3 aromatic rings. The summed E-state index contributed by atoms with van der Waals surface area (Å²) in [5.41, 5.74) is 4.04. The summed E-state index contributed by atoms with van der Waals surface area (Å²) in [7, 11) is 0. The molecule has 1 aromatic carbocycles. The predicted molar refractivity (Wildman–Crippen MR) is 112 cm³/mol. The van der Waals surface area contributed by atoms with Gasteiger partial charge in [0, 0.05) is 28.5 Å². The normalized spacial score (nSPS) is 13.7. The minimum absolute atomic E-state index is 0.611. The molecule has 1 aliphatic heterocycles. The first-order chi connectivity index (χ1) is 12.7. The maximum Gasteiger partial charge on any atom is 0.185 e. The van der Waals surface area contributed by atoms with Gasteiger partial charge in [-0.3, -0.25) is 4.98 Å². The van der Waals surface area contributed by atoms with Crippen molar-refractivity contribution in [2.24, 2.45) is 10.1 Å². The van der Waals surface area contributed by atoms with Crippen molar-refractivity contribution in [1.82, 2.24) is 9.99 Å². The van der Waals surface area contributed by atoms with Gasteiger partial charge >= 0.3 is 0 Å². The molecule has 0 bridgehead atoms. The second kappa shape index (κ2) is 7.61. The summed E-state index contributed by atoms with van der Waals surface area (Å²) in [6.07, 6.45) is 5.65. The molecular formula is C19H15ClN4S2. The van der Waals surface area contributed by atoms with E-state index < -0.39 is 0 Å². The Morgan fingerprint density at radius 3 is 2.73 bits per heavy atom. The van der Waals surface area contributed by atoms with Crippen molar-refractivity contribution < 1.29 is 0 Å². The Hall–Kier alpha value is -2.15. The highest BCUT2D eigenvalue weighted by Crippen LogP contribution is 2.34. The highest BCUT2D eigenvalue weighted by Gasteiger charge is 2.22. The lowest BCUT2D eigenvalue weighted by Gasteiger charge is -2.19. The molecule has 0 saturated heterocycles. The van der Waals surface area contributed by atoms with Gasteiger partial charge in [-0.15, -0.1) is 11.3 Å². The third kappa shape index (κ3) is 3.53. The fourth-order valence-corrected chi connectivity index (χ4v) is 4.12. The zero-order chi connectivity index (χ0) is 17.9. The van der Waals surface area contributed by atoms with E-state index in [1.807, 2.05) is 59.2 Å². The van der Waals surface area contributed by atoms with Crippen molar-refractivity contribution in [3.8, 4) is 0 Å². The second-order valence-electron chi connectivity index (χ2n) is 5.61. The topological polar surface area (TPSA) is 40.9 Å². The number of aliphatic imine (C=N–C) groups is 1. The van der Waals surface area contributed by atoms with Crippen LogP contribution in [0.5, 0.6) is 0 Å². The van der Waals surface area contributed by atoms with E-state index in [4.69, 9.17) is 21.7 Å². The van der Waals surface area contributed by atoms with E-state index >= 15 is 0 Å². The number of halogens is 1. The molecule has 0 radical (unpaired) electrons. The lowest BCUT2D eigenvalue weighted by atomic mass is 10.0. The quantitative estimate of drug-likeness (QED) is 0.591. The zero-order valence-corrected chi connectivity index (χ0v) is 16.4. The van der Waals surface area contributed by atoms with E-state index in [1.54, 1.807) is 29.3 Å². The zero-order valence-electron chi connectivity index (χ0n) is 14.0. The van der Waals surface area contributed by atoms with Crippen LogP contribution >= 0.6 is 34.7 Å². The largest absolute Gasteiger partial charge is 0.264 e. The van der Waals surface area contributed by atoms with Crippen LogP contribution in [0.15, 0.2) is 70.3 Å². The number of thiophene rings is 1. The molecule has 3 heterocycles. The number of rotatable bonds is 3. The number of fused-ring (bicyclic) bond motifs is 1. The SMILES string of the molecule is CSC1=Nc2sccc2C(c2ccc(Cl)cc2)=NN1Cc1cccnc1. The van der Waals surface area contributed by atoms with Gasteiger partial charge in [-0.1, -0.05) is 41.6 Å². The molecule has 1 aliphatic rings. The van der Waals surface area contributed by atoms with Gasteiger partial charge in [-0.05, 0) is 41.5 Å². The third-order valence-electron chi connectivity index (χ3n) is 3.89. The number of nitrogens with zero attached hydrogens (tertiary/aromatic N) is 4. The average molecular weight is 399 g/mol. The number of hydrogen-bond acceptors (Lipinski definition) is 6. The summed E-state index contributed by atoms with van der Waals surface area (Å²) < 4.78 is 0. The lowest BCUT2D eigenvalue weighted by molar-refractivity contribution is 0.449. The van der Waals surface area contributed by atoms with E-state index in [0.717, 1.165) is 32.6 Å². The monoisotopic (exact) mass is 398 g/mol. The number of amidine groups is 1. The lowest BCUT2D eigenvalue weighted by Crippen LogP contribution is -2.24. The molecule has 26 heavy (non-hydrogen) atoms. The van der Waals surface area contributed by atoms with Crippen LogP contribution in [0.25, 0.3) is 0 Å². The molecular weight excluding hydrogens is 384 g/mol. The molecule has 0 unspecified atom stereocenters. The first-order valence-electron chi connectivity index (χ1n) is 7.96. The summed E-state index contributed by atoms with van der Waals surface area (Å²) in [4.78, 5) is 9.06. The molecule has 2 aromatic heterocycles. The summed E-state index contributed by atoms with van der Waals surface area (Å²) in [6.45, 7) is 0.611. The van der Waals surface area contributed by atoms with E-state index in [0.29, 0.717) is 11.6 Å². The minimum atomic E-state index is 0.611. The molecule has 0 aliphatic carbocycles. The molecule has 4 nitrogen and oxygen atoms in total. The molecule has 0 fully saturated rings. The summed E-state index contributed by atoms with van der Waals surface area (Å²) in [5, 5.41) is 11.5. The molecule has 0 atom stereocenters. The Kier molecular flexibility index (Phi) is 5.06. The van der Waals surface area contributed by atoms with Gasteiger partial charge in [0.1, 0.15) is 10.7 Å². The van der Waals surface area contributed by atoms with Gasteiger partial charge in [-0.2, -0.15) is 5.10 Å². The molecule has 0 N–H and O–H groups in total. The minimum Gasteiger partial charge on any atom is -0.264 e. The fraction of sp³-hybridized carbons (Fsp3) is 0.105. The van der Waals surface area contributed by atoms with Gasteiger partial charge in [0.05, 0.1) is 6.54 Å². The van der Waals surface area contributed by atoms with Crippen LogP contribution in [-0.2, 0) is 6.54 Å². The summed E-state index contributed by atoms with van der Waals surface area (Å²) in [5.74, 6) is 0. The summed E-state index contributed by atoms with van der Waals surface area (Å²) >= 11 is 9.27. The highest BCUT2D eigenvalue weighted by atomic mass is 35.5. The smallest absolute Gasteiger partial charge is 0.185 e. The molecule has 0 spiro atoms. The van der Waals surface area contributed by atoms with Crippen LogP contribution < -0.4 is 0 Å². The third-order valence-corrected chi connectivity index (χ3v) is 5.62. The molecule has 4 rings (SSSR count). The standard InChI is InChI=1S/C19H15ClN4S2/c1-25-19-22-18-16(8-10-26-18)17(14-4-6-15(20)7-5-14)23-24(19)12-13-3-2-9-21-11-13/h2-11H,12H2,1H3. The number of benzene rings is 1. The van der Waals surface area contributed by atoms with Crippen LogP contribution in [0.3, 0.4) is 0 Å². The maximum absolute atomic E-state index is 6.06. The van der Waals surface area contributed by atoms with Crippen molar-refractivity contribution in [3.63, 3.8) is 0 Å². The van der Waals surface area contributed by atoms with Crippen molar-refractivity contribution in [1.29, 1.82) is 0 Å². The van der Waals surface area contributed by atoms with Gasteiger partial charge in [0.25, 0.3) is 0 Å². The second-order valence-corrected chi connectivity index (χ2v) is 7.72. The number of aromatic nitrogens is 1. The molecule has 130 valence electrons. The Morgan fingerprint density at radius 1 is 1.15 bits per heavy atom. The van der Waals surface area contributed by atoms with E-state index in [9.17, 15) is 0 Å². The highest BCUT2D eigenvalue weighted by molar-refractivity contribution is 8.13. The Labute approximate surface area is 165 Å². The van der Waals surface area contributed by atoms with Crippen molar-refractivity contribution in [3.05, 3.63) is 82.0 Å². The van der Waals surface area contributed by atoms with E-state index in [2.05, 4.69) is 11.1 Å². The van der Waals surface area contributed by atoms with Gasteiger partial charge in [0.2, 0.25) is 0 Å². The first kappa shape index (κ1) is 17.3. The first-order valence-corrected chi connectivity index (χ1v) is 10.4. The van der Waals surface area contributed by atoms with E-state index in [1.165, 1.54) is 0 Å². The average Bonchev–Trinajstić information content (AvgIpc) is 3.07. The number of hydrogen-bond donors (Lipinski definition) is 0. The molecule has 0 amide bonds. The number of pyridine rings is 1. The molecule has 7 heteroatoms. The van der Waals surface area contributed by atoms with Gasteiger partial charge in [-0.25, -0.2) is 10.0 Å².